The number of carbonyl (C=O) groups excluding carboxylic acids is 1. The van der Waals surface area contributed by atoms with Crippen LogP contribution in [0.25, 0.3) is 0 Å². The second-order valence-electron chi connectivity index (χ2n) is 9.92. The molecular weight excluding hydrogens is 571 g/mol. The molecule has 1 unspecified atom stereocenters. The summed E-state index contributed by atoms with van der Waals surface area (Å²) in [5.41, 5.74) is 0.634. The van der Waals surface area contributed by atoms with Crippen molar-refractivity contribution >= 4 is 34.5 Å². The van der Waals surface area contributed by atoms with Crippen molar-refractivity contribution in [2.45, 2.75) is 38.9 Å². The molecule has 1 aliphatic heterocycles. The molecule has 0 bridgehead atoms. The first-order chi connectivity index (χ1) is 19.8. The van der Waals surface area contributed by atoms with Gasteiger partial charge in [0.25, 0.3) is 5.91 Å². The largest absolute Gasteiger partial charge is 0.495 e. The lowest BCUT2D eigenvalue weighted by Crippen LogP contribution is -2.43. The number of likely N-dealkylation sites (tertiary alicyclic amines) is 1. The summed E-state index contributed by atoms with van der Waals surface area (Å²) in [6.07, 6.45) is -1.07. The molecule has 0 radical (unpaired) electrons. The van der Waals surface area contributed by atoms with Gasteiger partial charge < -0.3 is 29.7 Å². The Balaban J connectivity index is 1.76. The molecule has 0 aliphatic carbocycles. The van der Waals surface area contributed by atoms with Crippen molar-refractivity contribution < 1.29 is 31.6 Å². The molecule has 228 valence electrons. The Hall–Kier alpha value is -3.84. The van der Waals surface area contributed by atoms with Gasteiger partial charge in [-0.15, -0.1) is 0 Å². The van der Waals surface area contributed by atoms with Gasteiger partial charge >= 0.3 is 6.18 Å². The highest BCUT2D eigenvalue weighted by Crippen LogP contribution is 2.33. The van der Waals surface area contributed by atoms with Crippen LogP contribution in [0, 0.1) is 6.92 Å². The van der Waals surface area contributed by atoms with E-state index in [-0.39, 0.29) is 29.2 Å². The Morgan fingerprint density at radius 1 is 1.14 bits per heavy atom. The highest BCUT2D eigenvalue weighted by atomic mass is 32.2. The van der Waals surface area contributed by atoms with Gasteiger partial charge in [0.15, 0.2) is 5.75 Å². The van der Waals surface area contributed by atoms with E-state index < -0.39 is 28.5 Å². The maximum absolute atomic E-state index is 14.0. The Morgan fingerprint density at radius 3 is 2.43 bits per heavy atom. The predicted molar refractivity (Wildman–Crippen MR) is 160 cm³/mol. The van der Waals surface area contributed by atoms with E-state index in [1.54, 1.807) is 37.3 Å². The molecule has 1 saturated heterocycles. The number of aliphatic imine (C=N–C) groups is 1. The van der Waals surface area contributed by atoms with Crippen LogP contribution in [0.4, 0.5) is 24.5 Å². The Labute approximate surface area is 246 Å². The number of hydrogen-bond donors (Lipinski definition) is 3. The number of piperidine rings is 1. The summed E-state index contributed by atoms with van der Waals surface area (Å²) in [6.45, 7) is 8.43. The number of nitrogens with one attached hydrogen (secondary N) is 3. The first-order valence-electron chi connectivity index (χ1n) is 13.1. The molecule has 0 saturated carbocycles. The minimum atomic E-state index is -4.79. The van der Waals surface area contributed by atoms with E-state index in [0.29, 0.717) is 23.2 Å². The standard InChI is InChI=1S/C29H36F3N5O4S/c1-18-7-9-25(36-42(6)39)27(15-18)41-19(2)23(29(30,31)32)17-33-20(3)34-24-10-8-21(16-26(24)40-5)28(38)35-22-11-13-37(4)14-12-22/h7-10,15-17,22,34,36H,3,11-14H2,1-2,4-6H3,(H,35,38)/b23-19-,33-17-. The topological polar surface area (TPSA) is 104 Å². The SMILES string of the molecule is C=C(/N=C\C(=C(/C)Oc1cc(C)ccc1NS(C)=O)C(F)(F)F)Nc1ccc(C(=O)NC2CCN(C)CC2)cc1OC. The van der Waals surface area contributed by atoms with Crippen LogP contribution in [0.5, 0.6) is 11.5 Å². The van der Waals surface area contributed by atoms with Crippen LogP contribution in [-0.4, -0.2) is 67.0 Å². The lowest BCUT2D eigenvalue weighted by atomic mass is 10.0. The molecular formula is C29H36F3N5O4S. The summed E-state index contributed by atoms with van der Waals surface area (Å²) in [5, 5.41) is 5.85. The van der Waals surface area contributed by atoms with Gasteiger partial charge in [0.1, 0.15) is 33.9 Å². The number of methoxy groups -OCH3 is 1. The van der Waals surface area contributed by atoms with Crippen LogP contribution in [0.3, 0.4) is 0 Å². The molecule has 1 atom stereocenters. The number of halogens is 3. The van der Waals surface area contributed by atoms with E-state index in [2.05, 4.69) is 31.8 Å². The highest BCUT2D eigenvalue weighted by molar-refractivity contribution is 7.85. The smallest absolute Gasteiger partial charge is 0.421 e. The third-order valence-electron chi connectivity index (χ3n) is 6.48. The monoisotopic (exact) mass is 607 g/mol. The van der Waals surface area contributed by atoms with Crippen LogP contribution in [0.1, 0.15) is 35.7 Å². The number of alkyl halides is 3. The summed E-state index contributed by atoms with van der Waals surface area (Å²) in [7, 11) is 1.99. The van der Waals surface area contributed by atoms with E-state index in [4.69, 9.17) is 9.47 Å². The quantitative estimate of drug-likeness (QED) is 0.233. The number of nitrogens with zero attached hydrogens (tertiary/aromatic N) is 2. The van der Waals surface area contributed by atoms with Crippen molar-refractivity contribution in [1.29, 1.82) is 0 Å². The van der Waals surface area contributed by atoms with Crippen molar-refractivity contribution in [3.8, 4) is 11.5 Å². The normalized spacial score (nSPS) is 16.0. The maximum atomic E-state index is 14.0. The number of rotatable bonds is 11. The number of aryl methyl sites for hydroxylation is 1. The van der Waals surface area contributed by atoms with Gasteiger partial charge in [-0.3, -0.25) is 4.79 Å². The van der Waals surface area contributed by atoms with Crippen LogP contribution in [0.15, 0.2) is 65.1 Å². The zero-order valence-corrected chi connectivity index (χ0v) is 25.0. The van der Waals surface area contributed by atoms with Gasteiger partial charge in [0.05, 0.1) is 18.5 Å². The average Bonchev–Trinajstić information content (AvgIpc) is 2.90. The number of amides is 1. The fourth-order valence-electron chi connectivity index (χ4n) is 4.22. The Bertz CT molecular complexity index is 1390. The second-order valence-corrected chi connectivity index (χ2v) is 11.0. The zero-order valence-electron chi connectivity index (χ0n) is 24.2. The summed E-state index contributed by atoms with van der Waals surface area (Å²) in [4.78, 5) is 18.8. The lowest BCUT2D eigenvalue weighted by Gasteiger charge is -2.29. The highest BCUT2D eigenvalue weighted by Gasteiger charge is 2.35. The minimum Gasteiger partial charge on any atom is -0.495 e. The number of benzene rings is 2. The van der Waals surface area contributed by atoms with E-state index in [1.807, 2.05) is 7.05 Å². The Morgan fingerprint density at radius 2 is 1.81 bits per heavy atom. The van der Waals surface area contributed by atoms with Crippen LogP contribution >= 0.6 is 0 Å². The van der Waals surface area contributed by atoms with Crippen molar-refractivity contribution in [3.05, 3.63) is 71.3 Å². The van der Waals surface area contributed by atoms with Crippen LogP contribution in [0.2, 0.25) is 0 Å². The molecule has 3 rings (SSSR count). The van der Waals surface area contributed by atoms with E-state index >= 15 is 0 Å². The molecule has 1 aliphatic rings. The summed E-state index contributed by atoms with van der Waals surface area (Å²) >= 11 is 0. The van der Waals surface area contributed by atoms with Crippen molar-refractivity contribution in [2.75, 3.05) is 43.5 Å². The summed E-state index contributed by atoms with van der Waals surface area (Å²) in [6, 6.07) is 9.60. The van der Waals surface area contributed by atoms with E-state index in [0.717, 1.165) is 31.5 Å². The van der Waals surface area contributed by atoms with E-state index in [1.165, 1.54) is 26.4 Å². The van der Waals surface area contributed by atoms with E-state index in [9.17, 15) is 22.2 Å². The van der Waals surface area contributed by atoms with Gasteiger partial charge in [0.2, 0.25) is 0 Å². The first kappa shape index (κ1) is 32.7. The lowest BCUT2D eigenvalue weighted by molar-refractivity contribution is -0.0878. The fraction of sp³-hybridized carbons (Fsp3) is 0.379. The predicted octanol–water partition coefficient (Wildman–Crippen LogP) is 5.40. The van der Waals surface area contributed by atoms with Gasteiger partial charge in [-0.1, -0.05) is 12.6 Å². The van der Waals surface area contributed by atoms with Gasteiger partial charge in [-0.05, 0) is 82.7 Å². The summed E-state index contributed by atoms with van der Waals surface area (Å²) < 4.78 is 67.1. The van der Waals surface area contributed by atoms with Crippen molar-refractivity contribution in [2.24, 2.45) is 4.99 Å². The molecule has 0 spiro atoms. The summed E-state index contributed by atoms with van der Waals surface area (Å²) in [5.74, 6) is -0.433. The minimum absolute atomic E-state index is 0.0827. The molecule has 42 heavy (non-hydrogen) atoms. The molecule has 2 aromatic rings. The average molecular weight is 608 g/mol. The molecule has 2 aromatic carbocycles. The molecule has 1 fully saturated rings. The first-order valence-corrected chi connectivity index (χ1v) is 14.7. The number of hydrogen-bond acceptors (Lipinski definition) is 7. The Kier molecular flexibility index (Phi) is 11.2. The number of carbonyl (C=O) groups is 1. The molecule has 0 aromatic heterocycles. The molecule has 1 amide bonds. The van der Waals surface area contributed by atoms with Crippen LogP contribution in [-0.2, 0) is 11.0 Å². The van der Waals surface area contributed by atoms with Crippen molar-refractivity contribution in [1.82, 2.24) is 10.2 Å². The third-order valence-corrected chi connectivity index (χ3v) is 6.99. The number of ether oxygens (including phenoxy) is 2. The number of anilines is 2. The molecule has 13 heteroatoms. The third kappa shape index (κ3) is 9.35. The van der Waals surface area contributed by atoms with Gasteiger partial charge in [-0.2, -0.15) is 13.2 Å². The van der Waals surface area contributed by atoms with Crippen molar-refractivity contribution in [3.63, 3.8) is 0 Å². The molecule has 3 N–H and O–H groups in total. The second kappa shape index (κ2) is 14.4. The van der Waals surface area contributed by atoms with Gasteiger partial charge in [0, 0.05) is 24.1 Å². The van der Waals surface area contributed by atoms with Crippen LogP contribution < -0.4 is 24.8 Å². The maximum Gasteiger partial charge on any atom is 0.421 e. The molecule has 1 heterocycles. The number of allylic oxidation sites excluding steroid dienone is 2. The zero-order chi connectivity index (χ0) is 31.0. The molecule has 9 nitrogen and oxygen atoms in total. The van der Waals surface area contributed by atoms with Gasteiger partial charge in [-0.25, -0.2) is 9.20 Å². The fourth-order valence-corrected chi connectivity index (χ4v) is 4.70.